The second-order valence-corrected chi connectivity index (χ2v) is 8.01. The summed E-state index contributed by atoms with van der Waals surface area (Å²) < 4.78 is 5.41. The Labute approximate surface area is 203 Å². The summed E-state index contributed by atoms with van der Waals surface area (Å²) in [7, 11) is 0. The Kier molecular flexibility index (Phi) is 7.63. The first-order chi connectivity index (χ1) is 17.0. The predicted octanol–water partition coefficient (Wildman–Crippen LogP) is 2.95. The quantitative estimate of drug-likeness (QED) is 0.349. The maximum atomic E-state index is 12.1. The van der Waals surface area contributed by atoms with E-state index in [-0.39, 0.29) is 18.6 Å². The van der Waals surface area contributed by atoms with Gasteiger partial charge in [-0.2, -0.15) is 0 Å². The number of nitrogens with zero attached hydrogens (tertiary/aromatic N) is 3. The van der Waals surface area contributed by atoms with Gasteiger partial charge in [0.25, 0.3) is 5.91 Å². The molecule has 0 saturated carbocycles. The van der Waals surface area contributed by atoms with Crippen molar-refractivity contribution < 1.29 is 14.3 Å². The number of nitrogens with two attached hydrogens (primary N) is 1. The molecule has 2 amide bonds. The standard InChI is InChI=1S/C25H27N7O3/c26-21(9-10-23(27)33)24(34)29-18-3-1-17(2-4-18)22-11-12-28-25(31-22)30-19-5-7-20(8-6-19)32-13-15-35-16-14-32/h1-8,11-12,26H,9-10,13-16H2,(H2,27,33)(H,29,34)(H,28,30,31). The van der Waals surface area contributed by atoms with Crippen LogP contribution in [0.3, 0.4) is 0 Å². The minimum Gasteiger partial charge on any atom is -0.378 e. The summed E-state index contributed by atoms with van der Waals surface area (Å²) in [6, 6.07) is 17.1. The maximum Gasteiger partial charge on any atom is 0.269 e. The number of aromatic nitrogens is 2. The summed E-state index contributed by atoms with van der Waals surface area (Å²) in [6.45, 7) is 3.26. The number of amides is 2. The van der Waals surface area contributed by atoms with Crippen LogP contribution in [-0.4, -0.2) is 53.8 Å². The first-order valence-corrected chi connectivity index (χ1v) is 11.3. The average Bonchev–Trinajstić information content (AvgIpc) is 2.89. The zero-order valence-electron chi connectivity index (χ0n) is 19.2. The molecule has 35 heavy (non-hydrogen) atoms. The Bertz CT molecular complexity index is 1190. The number of carbonyl (C=O) groups excluding carboxylic acids is 2. The van der Waals surface area contributed by atoms with Crippen LogP contribution in [0.15, 0.2) is 60.8 Å². The van der Waals surface area contributed by atoms with Crippen LogP contribution in [-0.2, 0) is 14.3 Å². The van der Waals surface area contributed by atoms with E-state index in [0.717, 1.165) is 48.9 Å². The molecule has 0 spiro atoms. The zero-order valence-corrected chi connectivity index (χ0v) is 19.2. The molecule has 0 atom stereocenters. The van der Waals surface area contributed by atoms with Gasteiger partial charge in [-0.05, 0) is 42.5 Å². The number of nitrogens with one attached hydrogen (secondary N) is 3. The number of primary amides is 1. The van der Waals surface area contributed by atoms with Crippen LogP contribution in [0, 0.1) is 5.41 Å². The lowest BCUT2D eigenvalue weighted by Gasteiger charge is -2.28. The molecular weight excluding hydrogens is 446 g/mol. The van der Waals surface area contributed by atoms with Gasteiger partial charge in [0.05, 0.1) is 24.6 Å². The molecule has 180 valence electrons. The third kappa shape index (κ3) is 6.61. The normalized spacial score (nSPS) is 13.2. The van der Waals surface area contributed by atoms with Crippen LogP contribution in [0.2, 0.25) is 0 Å². The van der Waals surface area contributed by atoms with Crippen molar-refractivity contribution in [1.29, 1.82) is 5.41 Å². The Hall–Kier alpha value is -4.31. The SMILES string of the molecule is N=C(CCC(N)=O)C(=O)Nc1ccc(-c2ccnc(Nc3ccc(N4CCOCC4)cc3)n2)cc1. The van der Waals surface area contributed by atoms with E-state index in [2.05, 4.69) is 37.6 Å². The van der Waals surface area contributed by atoms with E-state index in [1.165, 1.54) is 0 Å². The molecular formula is C25H27N7O3. The zero-order chi connectivity index (χ0) is 24.6. The summed E-state index contributed by atoms with van der Waals surface area (Å²) in [4.78, 5) is 34.1. The van der Waals surface area contributed by atoms with Crippen molar-refractivity contribution >= 4 is 40.5 Å². The second-order valence-electron chi connectivity index (χ2n) is 8.01. The highest BCUT2D eigenvalue weighted by atomic mass is 16.5. The van der Waals surface area contributed by atoms with E-state index in [1.54, 1.807) is 24.4 Å². The molecule has 1 fully saturated rings. The van der Waals surface area contributed by atoms with Gasteiger partial charge in [-0.1, -0.05) is 12.1 Å². The van der Waals surface area contributed by atoms with E-state index in [9.17, 15) is 9.59 Å². The molecule has 5 N–H and O–H groups in total. The summed E-state index contributed by atoms with van der Waals surface area (Å²) >= 11 is 0. The van der Waals surface area contributed by atoms with Gasteiger partial charge in [-0.15, -0.1) is 0 Å². The Morgan fingerprint density at radius 3 is 2.34 bits per heavy atom. The van der Waals surface area contributed by atoms with Crippen molar-refractivity contribution in [3.8, 4) is 11.3 Å². The monoisotopic (exact) mass is 473 g/mol. The van der Waals surface area contributed by atoms with Gasteiger partial charge >= 0.3 is 0 Å². The fourth-order valence-electron chi connectivity index (χ4n) is 3.58. The number of hydrogen-bond donors (Lipinski definition) is 4. The number of ether oxygens (including phenoxy) is 1. The van der Waals surface area contributed by atoms with Gasteiger partial charge in [0, 0.05) is 54.8 Å². The van der Waals surface area contributed by atoms with Crippen molar-refractivity contribution in [2.45, 2.75) is 12.8 Å². The molecule has 3 aromatic rings. The first-order valence-electron chi connectivity index (χ1n) is 11.3. The maximum absolute atomic E-state index is 12.1. The van der Waals surface area contributed by atoms with Crippen molar-refractivity contribution in [1.82, 2.24) is 9.97 Å². The van der Waals surface area contributed by atoms with Gasteiger partial charge < -0.3 is 26.0 Å². The van der Waals surface area contributed by atoms with E-state index < -0.39 is 11.8 Å². The minimum absolute atomic E-state index is 0.00586. The van der Waals surface area contributed by atoms with Crippen molar-refractivity contribution in [3.63, 3.8) is 0 Å². The molecule has 4 rings (SSSR count). The molecule has 0 bridgehead atoms. The summed E-state index contributed by atoms with van der Waals surface area (Å²) in [5.74, 6) is -0.635. The number of benzene rings is 2. The lowest BCUT2D eigenvalue weighted by Crippen LogP contribution is -2.36. The number of hydrogen-bond acceptors (Lipinski definition) is 8. The Morgan fingerprint density at radius 2 is 1.66 bits per heavy atom. The third-order valence-electron chi connectivity index (χ3n) is 5.49. The van der Waals surface area contributed by atoms with Gasteiger partial charge in [0.15, 0.2) is 0 Å². The van der Waals surface area contributed by atoms with Crippen molar-refractivity contribution in [3.05, 3.63) is 60.8 Å². The molecule has 10 heteroatoms. The van der Waals surface area contributed by atoms with Crippen LogP contribution in [0.5, 0.6) is 0 Å². The highest BCUT2D eigenvalue weighted by molar-refractivity contribution is 6.42. The molecule has 1 aromatic heterocycles. The largest absolute Gasteiger partial charge is 0.378 e. The lowest BCUT2D eigenvalue weighted by molar-refractivity contribution is -0.117. The number of carbonyl (C=O) groups is 2. The fraction of sp³-hybridized carbons (Fsp3) is 0.240. The number of anilines is 4. The minimum atomic E-state index is -0.563. The molecule has 2 aromatic carbocycles. The summed E-state index contributed by atoms with van der Waals surface area (Å²) in [6.07, 6.45) is 1.65. The molecule has 1 aliphatic heterocycles. The van der Waals surface area contributed by atoms with E-state index in [1.807, 2.05) is 24.3 Å². The first kappa shape index (κ1) is 23.8. The third-order valence-corrected chi connectivity index (χ3v) is 5.49. The highest BCUT2D eigenvalue weighted by Crippen LogP contribution is 2.23. The molecule has 0 aliphatic carbocycles. The van der Waals surface area contributed by atoms with Gasteiger partial charge in [-0.3, -0.25) is 15.0 Å². The molecule has 0 radical (unpaired) electrons. The topological polar surface area (TPSA) is 146 Å². The molecule has 2 heterocycles. The van der Waals surface area contributed by atoms with Crippen LogP contribution in [0.25, 0.3) is 11.3 Å². The average molecular weight is 474 g/mol. The van der Waals surface area contributed by atoms with E-state index >= 15 is 0 Å². The molecule has 1 saturated heterocycles. The smallest absolute Gasteiger partial charge is 0.269 e. The van der Waals surface area contributed by atoms with Crippen LogP contribution < -0.4 is 21.3 Å². The van der Waals surface area contributed by atoms with Gasteiger partial charge in [0.1, 0.15) is 0 Å². The van der Waals surface area contributed by atoms with E-state index in [0.29, 0.717) is 11.6 Å². The highest BCUT2D eigenvalue weighted by Gasteiger charge is 2.12. The molecule has 0 unspecified atom stereocenters. The number of rotatable bonds is 9. The van der Waals surface area contributed by atoms with Crippen LogP contribution in [0.1, 0.15) is 12.8 Å². The Balaban J connectivity index is 1.37. The van der Waals surface area contributed by atoms with Crippen LogP contribution in [0.4, 0.5) is 23.0 Å². The van der Waals surface area contributed by atoms with Crippen molar-refractivity contribution in [2.75, 3.05) is 41.8 Å². The second kappa shape index (κ2) is 11.2. The molecule has 10 nitrogen and oxygen atoms in total. The lowest BCUT2D eigenvalue weighted by atomic mass is 10.1. The van der Waals surface area contributed by atoms with Gasteiger partial charge in [0.2, 0.25) is 11.9 Å². The van der Waals surface area contributed by atoms with Crippen LogP contribution >= 0.6 is 0 Å². The predicted molar refractivity (Wildman–Crippen MR) is 135 cm³/mol. The molecule has 1 aliphatic rings. The summed E-state index contributed by atoms with van der Waals surface area (Å²) in [5.41, 5.74) is 9.02. The fourth-order valence-corrected chi connectivity index (χ4v) is 3.58. The van der Waals surface area contributed by atoms with E-state index in [4.69, 9.17) is 15.9 Å². The van der Waals surface area contributed by atoms with Crippen molar-refractivity contribution in [2.24, 2.45) is 5.73 Å². The van der Waals surface area contributed by atoms with Gasteiger partial charge in [-0.25, -0.2) is 9.97 Å². The number of morpholine rings is 1. The summed E-state index contributed by atoms with van der Waals surface area (Å²) in [5, 5.41) is 13.6. The Morgan fingerprint density at radius 1 is 0.971 bits per heavy atom.